The fourth-order valence-corrected chi connectivity index (χ4v) is 1.95. The normalized spacial score (nSPS) is 10.4. The van der Waals surface area contributed by atoms with Gasteiger partial charge in [-0.15, -0.1) is 0 Å². The van der Waals surface area contributed by atoms with Gasteiger partial charge in [-0.05, 0) is 29.3 Å². The molecule has 0 radical (unpaired) electrons. The maximum Gasteiger partial charge on any atom is 0.146 e. The van der Waals surface area contributed by atoms with E-state index in [1.807, 2.05) is 24.3 Å². The van der Waals surface area contributed by atoms with E-state index in [9.17, 15) is 4.39 Å². The summed E-state index contributed by atoms with van der Waals surface area (Å²) in [5.41, 5.74) is 2.37. The van der Waals surface area contributed by atoms with E-state index in [2.05, 4.69) is 21.2 Å². The van der Waals surface area contributed by atoms with Gasteiger partial charge in [0.1, 0.15) is 5.82 Å². The van der Waals surface area contributed by atoms with E-state index in [0.717, 1.165) is 15.6 Å². The van der Waals surface area contributed by atoms with Crippen LogP contribution in [0.4, 0.5) is 10.1 Å². The molecule has 0 aliphatic rings. The average Bonchev–Trinajstić information content (AvgIpc) is 2.40. The van der Waals surface area contributed by atoms with Crippen LogP contribution >= 0.6 is 15.9 Å². The third-order valence-corrected chi connectivity index (χ3v) is 3.11. The number of aliphatic hydroxyl groups is 1. The van der Waals surface area contributed by atoms with Gasteiger partial charge < -0.3 is 10.4 Å². The second-order valence-electron chi connectivity index (χ2n) is 3.95. The smallest absolute Gasteiger partial charge is 0.146 e. The highest BCUT2D eigenvalue weighted by Crippen LogP contribution is 2.20. The Morgan fingerprint density at radius 1 is 1.06 bits per heavy atom. The Kier molecular flexibility index (Phi) is 4.33. The van der Waals surface area contributed by atoms with E-state index < -0.39 is 0 Å². The molecule has 18 heavy (non-hydrogen) atoms. The standard InChI is InChI=1S/C14H13BrFNO/c15-12-5-6-13(16)14(7-12)17-8-10-1-3-11(9-18)4-2-10/h1-7,17-18H,8-9H2. The van der Waals surface area contributed by atoms with Crippen molar-refractivity contribution in [3.8, 4) is 0 Å². The van der Waals surface area contributed by atoms with E-state index in [1.165, 1.54) is 6.07 Å². The number of benzene rings is 2. The summed E-state index contributed by atoms with van der Waals surface area (Å²) in [5, 5.41) is 12.0. The quantitative estimate of drug-likeness (QED) is 0.902. The Morgan fingerprint density at radius 3 is 2.39 bits per heavy atom. The van der Waals surface area contributed by atoms with Crippen LogP contribution in [0.25, 0.3) is 0 Å². The number of anilines is 1. The van der Waals surface area contributed by atoms with Crippen LogP contribution in [0.1, 0.15) is 11.1 Å². The van der Waals surface area contributed by atoms with Crippen molar-refractivity contribution in [2.75, 3.05) is 5.32 Å². The van der Waals surface area contributed by atoms with Gasteiger partial charge >= 0.3 is 0 Å². The Balaban J connectivity index is 2.04. The molecule has 0 aliphatic heterocycles. The fraction of sp³-hybridized carbons (Fsp3) is 0.143. The molecule has 0 saturated carbocycles. The van der Waals surface area contributed by atoms with Crippen molar-refractivity contribution in [2.45, 2.75) is 13.2 Å². The monoisotopic (exact) mass is 309 g/mol. The van der Waals surface area contributed by atoms with Crippen LogP contribution < -0.4 is 5.32 Å². The molecule has 0 unspecified atom stereocenters. The Bertz CT molecular complexity index is 528. The first-order valence-corrected chi connectivity index (χ1v) is 6.36. The first kappa shape index (κ1) is 13.1. The summed E-state index contributed by atoms with van der Waals surface area (Å²) < 4.78 is 14.3. The molecule has 0 aromatic heterocycles. The largest absolute Gasteiger partial charge is 0.392 e. The maximum absolute atomic E-state index is 13.5. The first-order valence-electron chi connectivity index (χ1n) is 5.56. The molecule has 0 bridgehead atoms. The fourth-order valence-electron chi connectivity index (χ4n) is 1.59. The van der Waals surface area contributed by atoms with Crippen LogP contribution in [-0.4, -0.2) is 5.11 Å². The molecule has 0 heterocycles. The van der Waals surface area contributed by atoms with E-state index in [4.69, 9.17) is 5.11 Å². The Morgan fingerprint density at radius 2 is 1.72 bits per heavy atom. The molecule has 0 fully saturated rings. The zero-order chi connectivity index (χ0) is 13.0. The van der Waals surface area contributed by atoms with Crippen LogP contribution in [0.15, 0.2) is 46.9 Å². The Labute approximate surface area is 114 Å². The third-order valence-electron chi connectivity index (χ3n) is 2.62. The maximum atomic E-state index is 13.5. The zero-order valence-electron chi connectivity index (χ0n) is 9.66. The molecule has 4 heteroatoms. The lowest BCUT2D eigenvalue weighted by atomic mass is 10.1. The van der Waals surface area contributed by atoms with E-state index in [-0.39, 0.29) is 12.4 Å². The van der Waals surface area contributed by atoms with Gasteiger partial charge in [-0.1, -0.05) is 40.2 Å². The number of nitrogens with one attached hydrogen (secondary N) is 1. The van der Waals surface area contributed by atoms with Gasteiger partial charge in [0.15, 0.2) is 0 Å². The van der Waals surface area contributed by atoms with Crippen LogP contribution in [0.5, 0.6) is 0 Å². The molecule has 2 nitrogen and oxygen atoms in total. The lowest BCUT2D eigenvalue weighted by Gasteiger charge is -2.08. The summed E-state index contributed by atoms with van der Waals surface area (Å²) in [6.45, 7) is 0.576. The number of hydrogen-bond acceptors (Lipinski definition) is 2. The molecule has 0 spiro atoms. The topological polar surface area (TPSA) is 32.3 Å². The van der Waals surface area contributed by atoms with Crippen molar-refractivity contribution in [3.05, 3.63) is 63.9 Å². The summed E-state index contributed by atoms with van der Waals surface area (Å²) in [6, 6.07) is 12.3. The van der Waals surface area contributed by atoms with Crippen molar-refractivity contribution in [2.24, 2.45) is 0 Å². The van der Waals surface area contributed by atoms with Gasteiger partial charge in [0.05, 0.1) is 12.3 Å². The predicted molar refractivity (Wildman–Crippen MR) is 73.8 cm³/mol. The molecule has 0 amide bonds. The van der Waals surface area contributed by atoms with Gasteiger partial charge in [-0.25, -0.2) is 4.39 Å². The number of halogens is 2. The molecule has 0 atom stereocenters. The van der Waals surface area contributed by atoms with Crippen molar-refractivity contribution < 1.29 is 9.50 Å². The van der Waals surface area contributed by atoms with Crippen LogP contribution in [0.3, 0.4) is 0 Å². The molecular formula is C14H13BrFNO. The molecule has 2 rings (SSSR count). The van der Waals surface area contributed by atoms with E-state index in [0.29, 0.717) is 12.2 Å². The van der Waals surface area contributed by atoms with E-state index >= 15 is 0 Å². The molecule has 2 N–H and O–H groups in total. The minimum Gasteiger partial charge on any atom is -0.392 e. The summed E-state index contributed by atoms with van der Waals surface area (Å²) in [6.07, 6.45) is 0. The second-order valence-corrected chi connectivity index (χ2v) is 4.87. The van der Waals surface area contributed by atoms with Gasteiger partial charge in [0.25, 0.3) is 0 Å². The van der Waals surface area contributed by atoms with Crippen LogP contribution in [-0.2, 0) is 13.2 Å². The third kappa shape index (κ3) is 3.31. The average molecular weight is 310 g/mol. The minimum absolute atomic E-state index is 0.0357. The van der Waals surface area contributed by atoms with Gasteiger partial charge in [0.2, 0.25) is 0 Å². The number of rotatable bonds is 4. The zero-order valence-corrected chi connectivity index (χ0v) is 11.2. The molecule has 0 saturated heterocycles. The van der Waals surface area contributed by atoms with Crippen LogP contribution in [0, 0.1) is 5.82 Å². The van der Waals surface area contributed by atoms with Gasteiger partial charge in [0, 0.05) is 11.0 Å². The first-order chi connectivity index (χ1) is 8.69. The van der Waals surface area contributed by atoms with E-state index in [1.54, 1.807) is 12.1 Å². The predicted octanol–water partition coefficient (Wildman–Crippen LogP) is 3.69. The second kappa shape index (κ2) is 5.98. The SMILES string of the molecule is OCc1ccc(CNc2cc(Br)ccc2F)cc1. The summed E-state index contributed by atoms with van der Waals surface area (Å²) in [4.78, 5) is 0. The highest BCUT2D eigenvalue weighted by molar-refractivity contribution is 9.10. The van der Waals surface area contributed by atoms with Crippen LogP contribution in [0.2, 0.25) is 0 Å². The van der Waals surface area contributed by atoms with Gasteiger partial charge in [-0.2, -0.15) is 0 Å². The van der Waals surface area contributed by atoms with Crippen molar-refractivity contribution in [1.82, 2.24) is 0 Å². The molecule has 94 valence electrons. The molecule has 2 aromatic carbocycles. The Hall–Kier alpha value is -1.39. The lowest BCUT2D eigenvalue weighted by molar-refractivity contribution is 0.282. The summed E-state index contributed by atoms with van der Waals surface area (Å²) in [5.74, 6) is -0.273. The van der Waals surface area contributed by atoms with Crippen molar-refractivity contribution >= 4 is 21.6 Å². The summed E-state index contributed by atoms with van der Waals surface area (Å²) in [7, 11) is 0. The highest BCUT2D eigenvalue weighted by atomic mass is 79.9. The lowest BCUT2D eigenvalue weighted by Crippen LogP contribution is -2.01. The highest BCUT2D eigenvalue weighted by Gasteiger charge is 2.02. The molecular weight excluding hydrogens is 297 g/mol. The van der Waals surface area contributed by atoms with Crippen molar-refractivity contribution in [1.29, 1.82) is 0 Å². The minimum atomic E-state index is -0.273. The number of aliphatic hydroxyl groups excluding tert-OH is 1. The number of hydrogen-bond donors (Lipinski definition) is 2. The van der Waals surface area contributed by atoms with Crippen molar-refractivity contribution in [3.63, 3.8) is 0 Å². The van der Waals surface area contributed by atoms with Gasteiger partial charge in [-0.3, -0.25) is 0 Å². The summed E-state index contributed by atoms with van der Waals surface area (Å²) >= 11 is 3.31. The molecule has 0 aliphatic carbocycles. The molecule has 2 aromatic rings.